The fourth-order valence-corrected chi connectivity index (χ4v) is 6.02. The highest BCUT2D eigenvalue weighted by molar-refractivity contribution is 7.88. The van der Waals surface area contributed by atoms with Gasteiger partial charge in [0.05, 0.1) is 25.1 Å². The largest absolute Gasteiger partial charge is 0.391 e. The average molecular weight is 386 g/mol. The van der Waals surface area contributed by atoms with Crippen LogP contribution in [0.15, 0.2) is 11.8 Å². The number of fused-ring (bicyclic) bond motifs is 2. The number of hydrogen-bond acceptors (Lipinski definition) is 4. The van der Waals surface area contributed by atoms with Crippen LogP contribution in [0.25, 0.3) is 0 Å². The van der Waals surface area contributed by atoms with Gasteiger partial charge in [0, 0.05) is 11.6 Å². The van der Waals surface area contributed by atoms with Crippen LogP contribution in [0.5, 0.6) is 0 Å². The van der Waals surface area contributed by atoms with E-state index in [0.717, 1.165) is 25.0 Å². The van der Waals surface area contributed by atoms with E-state index in [9.17, 15) is 13.5 Å². The summed E-state index contributed by atoms with van der Waals surface area (Å²) in [6, 6.07) is 0. The molecule has 4 aliphatic carbocycles. The highest BCUT2D eigenvalue weighted by atomic mass is 32.2. The minimum absolute atomic E-state index is 0.104. The quantitative estimate of drug-likeness (QED) is 0.673. The number of rotatable bonds is 8. The van der Waals surface area contributed by atoms with Crippen molar-refractivity contribution in [2.24, 2.45) is 29.6 Å². The summed E-state index contributed by atoms with van der Waals surface area (Å²) in [5.74, 6) is 2.42. The Morgan fingerprint density at radius 1 is 1.19 bits per heavy atom. The summed E-state index contributed by atoms with van der Waals surface area (Å²) in [4.78, 5) is 0. The zero-order valence-electron chi connectivity index (χ0n) is 16.4. The van der Waals surface area contributed by atoms with Crippen LogP contribution in [0.2, 0.25) is 0 Å². The molecular formula is C20H35NO4S. The van der Waals surface area contributed by atoms with Crippen LogP contribution in [0.3, 0.4) is 0 Å². The summed E-state index contributed by atoms with van der Waals surface area (Å²) in [5, 5.41) is 10.2. The maximum atomic E-state index is 11.8. The van der Waals surface area contributed by atoms with Crippen molar-refractivity contribution in [3.05, 3.63) is 11.8 Å². The van der Waals surface area contributed by atoms with Gasteiger partial charge in [0.2, 0.25) is 10.0 Å². The summed E-state index contributed by atoms with van der Waals surface area (Å²) in [6.07, 6.45) is 10.3. The second-order valence-electron chi connectivity index (χ2n) is 9.04. The predicted molar refractivity (Wildman–Crippen MR) is 103 cm³/mol. The van der Waals surface area contributed by atoms with Gasteiger partial charge in [0.25, 0.3) is 0 Å². The van der Waals surface area contributed by atoms with Crippen molar-refractivity contribution in [3.8, 4) is 0 Å². The van der Waals surface area contributed by atoms with Crippen LogP contribution in [0, 0.1) is 29.6 Å². The smallest absolute Gasteiger partial charge is 0.229 e. The summed E-state index contributed by atoms with van der Waals surface area (Å²) in [7, 11) is -3.25. The summed E-state index contributed by atoms with van der Waals surface area (Å²) >= 11 is 0. The molecule has 0 spiro atoms. The molecule has 0 aromatic carbocycles. The van der Waals surface area contributed by atoms with Crippen molar-refractivity contribution < 1.29 is 18.3 Å². The topological polar surface area (TPSA) is 75.6 Å². The number of nitrogens with one attached hydrogen (secondary N) is 1. The van der Waals surface area contributed by atoms with E-state index in [4.69, 9.17) is 4.74 Å². The van der Waals surface area contributed by atoms with Gasteiger partial charge < -0.3 is 9.84 Å². The van der Waals surface area contributed by atoms with Crippen LogP contribution in [0.4, 0.5) is 0 Å². The van der Waals surface area contributed by atoms with E-state index in [1.54, 1.807) is 0 Å². The Bertz CT molecular complexity index is 607. The molecule has 2 bridgehead atoms. The molecule has 5 nitrogen and oxygen atoms in total. The van der Waals surface area contributed by atoms with Gasteiger partial charge >= 0.3 is 0 Å². The lowest BCUT2D eigenvalue weighted by atomic mass is 9.54. The summed E-state index contributed by atoms with van der Waals surface area (Å²) < 4.78 is 32.6. The Morgan fingerprint density at radius 3 is 2.46 bits per heavy atom. The van der Waals surface area contributed by atoms with E-state index >= 15 is 0 Å². The molecule has 6 heteroatoms. The zero-order valence-corrected chi connectivity index (χ0v) is 17.2. The van der Waals surface area contributed by atoms with Gasteiger partial charge in [-0.2, -0.15) is 0 Å². The molecule has 3 saturated carbocycles. The van der Waals surface area contributed by atoms with E-state index < -0.39 is 16.1 Å². The molecule has 4 aliphatic rings. The SMILES string of the molecule is CC(C)CCC(O)COC1CC=C(NS(C)(=O)=O)C2C3CCC(CC3)C12. The normalized spacial score (nSPS) is 35.1. The standard InChI is InChI=1S/C20H35NO4S/c1-13(2)4-9-16(22)12-25-18-11-10-17(21-26(3,23)24)19-14-5-7-15(8-6-14)20(18)19/h10,13-16,18-22H,4-9,11-12H2,1-3H3. The lowest BCUT2D eigenvalue weighted by molar-refractivity contribution is -0.0999. The van der Waals surface area contributed by atoms with Crippen molar-refractivity contribution >= 4 is 10.0 Å². The average Bonchev–Trinajstić information content (AvgIpc) is 2.58. The number of allylic oxidation sites excluding steroid dienone is 1. The maximum Gasteiger partial charge on any atom is 0.229 e. The molecule has 3 fully saturated rings. The van der Waals surface area contributed by atoms with Crippen LogP contribution < -0.4 is 4.72 Å². The minimum atomic E-state index is -3.25. The first-order valence-corrected chi connectivity index (χ1v) is 12.1. The minimum Gasteiger partial charge on any atom is -0.391 e. The van der Waals surface area contributed by atoms with E-state index in [1.165, 1.54) is 31.9 Å². The first kappa shape index (κ1) is 20.2. The molecule has 0 aliphatic heterocycles. The number of sulfonamides is 1. The number of ether oxygens (including phenoxy) is 1. The third-order valence-corrected chi connectivity index (χ3v) is 7.13. The molecule has 26 heavy (non-hydrogen) atoms. The molecule has 4 atom stereocenters. The Hall–Kier alpha value is -0.590. The second-order valence-corrected chi connectivity index (χ2v) is 10.8. The Kier molecular flexibility index (Phi) is 6.35. The zero-order chi connectivity index (χ0) is 18.9. The predicted octanol–water partition coefficient (Wildman–Crippen LogP) is 3.06. The molecule has 2 N–H and O–H groups in total. The lowest BCUT2D eigenvalue weighted by Gasteiger charge is -2.53. The van der Waals surface area contributed by atoms with Gasteiger partial charge in [-0.05, 0) is 68.6 Å². The molecule has 0 aromatic rings. The van der Waals surface area contributed by atoms with Crippen LogP contribution in [0.1, 0.15) is 58.8 Å². The van der Waals surface area contributed by atoms with Gasteiger partial charge in [-0.15, -0.1) is 0 Å². The number of aliphatic hydroxyl groups is 1. The van der Waals surface area contributed by atoms with E-state index in [1.807, 2.05) is 6.08 Å². The lowest BCUT2D eigenvalue weighted by Crippen LogP contribution is -2.51. The van der Waals surface area contributed by atoms with Crippen molar-refractivity contribution in [2.75, 3.05) is 12.9 Å². The molecule has 0 radical (unpaired) electrons. The van der Waals surface area contributed by atoms with Crippen molar-refractivity contribution in [2.45, 2.75) is 71.0 Å². The fourth-order valence-electron chi connectivity index (χ4n) is 5.38. The highest BCUT2D eigenvalue weighted by Crippen LogP contribution is 2.54. The Balaban J connectivity index is 1.68. The number of aliphatic hydroxyl groups excluding tert-OH is 1. The molecule has 150 valence electrons. The highest BCUT2D eigenvalue weighted by Gasteiger charge is 2.50. The third kappa shape index (κ3) is 4.82. The first-order valence-electron chi connectivity index (χ1n) is 10.2. The molecule has 4 unspecified atom stereocenters. The monoisotopic (exact) mass is 385 g/mol. The van der Waals surface area contributed by atoms with E-state index in [-0.39, 0.29) is 12.0 Å². The van der Waals surface area contributed by atoms with Gasteiger partial charge in [-0.1, -0.05) is 19.9 Å². The summed E-state index contributed by atoms with van der Waals surface area (Å²) in [5.41, 5.74) is 0.895. The third-order valence-electron chi connectivity index (χ3n) is 6.53. The van der Waals surface area contributed by atoms with Gasteiger partial charge in [0.15, 0.2) is 0 Å². The second kappa shape index (κ2) is 8.19. The van der Waals surface area contributed by atoms with Crippen LogP contribution in [-0.4, -0.2) is 38.6 Å². The van der Waals surface area contributed by atoms with Crippen molar-refractivity contribution in [3.63, 3.8) is 0 Å². The van der Waals surface area contributed by atoms with Crippen LogP contribution in [-0.2, 0) is 14.8 Å². The Labute approximate surface area is 158 Å². The van der Waals surface area contributed by atoms with Crippen molar-refractivity contribution in [1.29, 1.82) is 0 Å². The van der Waals surface area contributed by atoms with Gasteiger partial charge in [0.1, 0.15) is 0 Å². The number of hydrogen-bond donors (Lipinski definition) is 2. The molecule has 0 amide bonds. The van der Waals surface area contributed by atoms with Gasteiger partial charge in [-0.3, -0.25) is 4.72 Å². The Morgan fingerprint density at radius 2 is 1.85 bits per heavy atom. The first-order chi connectivity index (χ1) is 12.2. The maximum absolute atomic E-state index is 11.8. The molecule has 0 saturated heterocycles. The fraction of sp³-hybridized carbons (Fsp3) is 0.900. The molecule has 0 heterocycles. The van der Waals surface area contributed by atoms with Gasteiger partial charge in [-0.25, -0.2) is 8.42 Å². The van der Waals surface area contributed by atoms with E-state index in [2.05, 4.69) is 18.6 Å². The molecule has 4 rings (SSSR count). The summed E-state index contributed by atoms with van der Waals surface area (Å²) in [6.45, 7) is 4.72. The molecular weight excluding hydrogens is 350 g/mol. The van der Waals surface area contributed by atoms with Crippen LogP contribution >= 0.6 is 0 Å². The molecule has 0 aromatic heterocycles. The van der Waals surface area contributed by atoms with E-state index in [0.29, 0.717) is 30.3 Å². The van der Waals surface area contributed by atoms with Crippen molar-refractivity contribution in [1.82, 2.24) is 4.72 Å².